The van der Waals surface area contributed by atoms with Crippen molar-refractivity contribution in [2.45, 2.75) is 39.2 Å². The van der Waals surface area contributed by atoms with Gasteiger partial charge in [-0.3, -0.25) is 4.98 Å². The Labute approximate surface area is 137 Å². The number of hydrogen-bond donors (Lipinski definition) is 1. The van der Waals surface area contributed by atoms with Crippen LogP contribution in [-0.4, -0.2) is 29.8 Å². The molecule has 23 heavy (non-hydrogen) atoms. The highest BCUT2D eigenvalue weighted by Gasteiger charge is 2.15. The molecule has 0 aliphatic heterocycles. The van der Waals surface area contributed by atoms with Gasteiger partial charge in [-0.25, -0.2) is 4.79 Å². The van der Waals surface area contributed by atoms with Gasteiger partial charge in [0.15, 0.2) is 0 Å². The van der Waals surface area contributed by atoms with Crippen LogP contribution in [0.5, 0.6) is 5.75 Å². The van der Waals surface area contributed by atoms with Crippen LogP contribution >= 0.6 is 0 Å². The lowest BCUT2D eigenvalue weighted by atomic mass is 10.2. The Hall–Kier alpha value is -2.30. The predicted molar refractivity (Wildman–Crippen MR) is 90.7 cm³/mol. The Morgan fingerprint density at radius 3 is 2.83 bits per heavy atom. The lowest BCUT2D eigenvalue weighted by molar-refractivity contribution is 0.0526. The molecule has 0 unspecified atom stereocenters. The van der Waals surface area contributed by atoms with Crippen LogP contribution in [0.4, 0.5) is 4.79 Å². The average Bonchev–Trinajstić information content (AvgIpc) is 2.49. The Kier molecular flexibility index (Phi) is 5.79. The maximum atomic E-state index is 11.5. The first-order valence-electron chi connectivity index (χ1n) is 7.88. The summed E-state index contributed by atoms with van der Waals surface area (Å²) in [5.74, 6) is 0.839. The van der Waals surface area contributed by atoms with Crippen LogP contribution in [0.2, 0.25) is 0 Å². The first-order valence-corrected chi connectivity index (χ1v) is 7.88. The van der Waals surface area contributed by atoms with Crippen molar-refractivity contribution in [1.82, 2.24) is 10.3 Å². The van der Waals surface area contributed by atoms with E-state index in [0.29, 0.717) is 13.2 Å². The molecule has 1 aromatic heterocycles. The summed E-state index contributed by atoms with van der Waals surface area (Å²) in [6.45, 7) is 6.74. The number of benzene rings is 1. The van der Waals surface area contributed by atoms with Crippen LogP contribution in [0.25, 0.3) is 10.9 Å². The fourth-order valence-electron chi connectivity index (χ4n) is 2.07. The number of carbonyl (C=O) groups is 1. The number of carbonyl (C=O) groups excluding carboxylic acids is 1. The molecule has 2 aromatic rings. The number of rotatable bonds is 6. The van der Waals surface area contributed by atoms with Gasteiger partial charge in [-0.15, -0.1) is 0 Å². The lowest BCUT2D eigenvalue weighted by Gasteiger charge is -2.19. The van der Waals surface area contributed by atoms with E-state index in [2.05, 4.69) is 10.3 Å². The minimum Gasteiger partial charge on any atom is -0.494 e. The summed E-state index contributed by atoms with van der Waals surface area (Å²) < 4.78 is 10.9. The maximum absolute atomic E-state index is 11.5. The van der Waals surface area contributed by atoms with E-state index in [1.165, 1.54) is 0 Å². The molecule has 0 radical (unpaired) electrons. The fraction of sp³-hybridized carbons (Fsp3) is 0.444. The number of hydrogen-bond acceptors (Lipinski definition) is 4. The SMILES string of the molecule is CC(C)(C)OC(=O)NCCCCOc1ccc2ncccc2c1. The zero-order valence-electron chi connectivity index (χ0n) is 14.0. The largest absolute Gasteiger partial charge is 0.494 e. The number of nitrogens with zero attached hydrogens (tertiary/aromatic N) is 1. The number of amides is 1. The maximum Gasteiger partial charge on any atom is 0.407 e. The van der Waals surface area contributed by atoms with E-state index in [0.717, 1.165) is 29.5 Å². The van der Waals surface area contributed by atoms with Crippen molar-refractivity contribution in [1.29, 1.82) is 0 Å². The number of unbranched alkanes of at least 4 members (excludes halogenated alkanes) is 1. The molecule has 5 heteroatoms. The molecule has 2 rings (SSSR count). The van der Waals surface area contributed by atoms with Crippen molar-refractivity contribution >= 4 is 17.0 Å². The molecule has 1 amide bonds. The predicted octanol–water partition coefficient (Wildman–Crippen LogP) is 3.92. The van der Waals surface area contributed by atoms with Crippen LogP contribution in [0.3, 0.4) is 0 Å². The number of nitrogens with one attached hydrogen (secondary N) is 1. The van der Waals surface area contributed by atoms with Crippen LogP contribution in [0.1, 0.15) is 33.6 Å². The molecule has 5 nitrogen and oxygen atoms in total. The second-order valence-corrected chi connectivity index (χ2v) is 6.34. The molecule has 0 fully saturated rings. The van der Waals surface area contributed by atoms with Gasteiger partial charge in [-0.2, -0.15) is 0 Å². The summed E-state index contributed by atoms with van der Waals surface area (Å²) in [5.41, 5.74) is 0.499. The lowest BCUT2D eigenvalue weighted by Crippen LogP contribution is -2.33. The third-order valence-corrected chi connectivity index (χ3v) is 3.08. The molecule has 0 spiro atoms. The second kappa shape index (κ2) is 7.81. The van der Waals surface area contributed by atoms with Crippen LogP contribution in [-0.2, 0) is 4.74 Å². The molecule has 0 aliphatic rings. The zero-order chi connectivity index (χ0) is 16.7. The van der Waals surface area contributed by atoms with Crippen molar-refractivity contribution in [3.8, 4) is 5.75 Å². The van der Waals surface area contributed by atoms with Gasteiger partial charge in [-0.05, 0) is 57.9 Å². The van der Waals surface area contributed by atoms with Crippen LogP contribution in [0.15, 0.2) is 36.5 Å². The summed E-state index contributed by atoms with van der Waals surface area (Å²) in [5, 5.41) is 3.80. The smallest absolute Gasteiger partial charge is 0.407 e. The highest BCUT2D eigenvalue weighted by atomic mass is 16.6. The topological polar surface area (TPSA) is 60.5 Å². The Morgan fingerprint density at radius 2 is 2.04 bits per heavy atom. The molecular weight excluding hydrogens is 292 g/mol. The Morgan fingerprint density at radius 1 is 1.22 bits per heavy atom. The third-order valence-electron chi connectivity index (χ3n) is 3.08. The van der Waals surface area contributed by atoms with Crippen molar-refractivity contribution in [2.24, 2.45) is 0 Å². The molecule has 0 bridgehead atoms. The normalized spacial score (nSPS) is 11.3. The van der Waals surface area contributed by atoms with Gasteiger partial charge in [0.05, 0.1) is 12.1 Å². The minimum absolute atomic E-state index is 0.375. The highest BCUT2D eigenvalue weighted by molar-refractivity contribution is 5.79. The van der Waals surface area contributed by atoms with Gasteiger partial charge in [-0.1, -0.05) is 6.07 Å². The van der Waals surface area contributed by atoms with Gasteiger partial charge < -0.3 is 14.8 Å². The number of aromatic nitrogens is 1. The second-order valence-electron chi connectivity index (χ2n) is 6.34. The molecule has 1 N–H and O–H groups in total. The number of alkyl carbamates (subject to hydrolysis) is 1. The molecule has 0 atom stereocenters. The molecule has 0 saturated heterocycles. The Balaban J connectivity index is 1.64. The third kappa shape index (κ3) is 6.14. The molecule has 1 aromatic carbocycles. The molecule has 0 saturated carbocycles. The number of ether oxygens (including phenoxy) is 2. The minimum atomic E-state index is -0.460. The van der Waals surface area contributed by atoms with Crippen LogP contribution in [0, 0.1) is 0 Å². The summed E-state index contributed by atoms with van der Waals surface area (Å²) >= 11 is 0. The van der Waals surface area contributed by atoms with Gasteiger partial charge in [0.2, 0.25) is 0 Å². The summed E-state index contributed by atoms with van der Waals surface area (Å²) in [4.78, 5) is 15.7. The Bertz CT molecular complexity index is 650. The number of pyridine rings is 1. The number of fused-ring (bicyclic) bond motifs is 1. The first kappa shape index (κ1) is 17.1. The van der Waals surface area contributed by atoms with E-state index >= 15 is 0 Å². The molecule has 0 aliphatic carbocycles. The van der Waals surface area contributed by atoms with Crippen molar-refractivity contribution in [3.63, 3.8) is 0 Å². The average molecular weight is 316 g/mol. The van der Waals surface area contributed by atoms with Gasteiger partial charge >= 0.3 is 6.09 Å². The highest BCUT2D eigenvalue weighted by Crippen LogP contribution is 2.19. The van der Waals surface area contributed by atoms with Gasteiger partial charge in [0.25, 0.3) is 0 Å². The summed E-state index contributed by atoms with van der Waals surface area (Å²) in [6.07, 6.45) is 3.11. The first-order chi connectivity index (χ1) is 10.9. The van der Waals surface area contributed by atoms with E-state index in [-0.39, 0.29) is 6.09 Å². The van der Waals surface area contributed by atoms with Gasteiger partial charge in [0.1, 0.15) is 11.4 Å². The summed E-state index contributed by atoms with van der Waals surface area (Å²) in [6, 6.07) is 9.79. The monoisotopic (exact) mass is 316 g/mol. The van der Waals surface area contributed by atoms with Crippen molar-refractivity contribution in [2.75, 3.05) is 13.2 Å². The van der Waals surface area contributed by atoms with E-state index in [9.17, 15) is 4.79 Å². The van der Waals surface area contributed by atoms with E-state index in [1.54, 1.807) is 6.20 Å². The standard InChI is InChI=1S/C18H24N2O3/c1-18(2,3)23-17(21)20-10-4-5-12-22-15-8-9-16-14(13-15)7-6-11-19-16/h6-9,11,13H,4-5,10,12H2,1-3H3,(H,20,21). The molecule has 124 valence electrons. The van der Waals surface area contributed by atoms with Crippen molar-refractivity contribution < 1.29 is 14.3 Å². The van der Waals surface area contributed by atoms with E-state index in [4.69, 9.17) is 9.47 Å². The molecule has 1 heterocycles. The summed E-state index contributed by atoms with van der Waals surface area (Å²) in [7, 11) is 0. The van der Waals surface area contributed by atoms with Gasteiger partial charge in [0, 0.05) is 18.1 Å². The van der Waals surface area contributed by atoms with E-state index < -0.39 is 5.60 Å². The van der Waals surface area contributed by atoms with Crippen LogP contribution < -0.4 is 10.1 Å². The zero-order valence-corrected chi connectivity index (χ0v) is 14.0. The quantitative estimate of drug-likeness (QED) is 0.821. The molecular formula is C18H24N2O3. The van der Waals surface area contributed by atoms with E-state index in [1.807, 2.05) is 51.1 Å². The fourth-order valence-corrected chi connectivity index (χ4v) is 2.07. The van der Waals surface area contributed by atoms with Crippen molar-refractivity contribution in [3.05, 3.63) is 36.5 Å².